The first-order chi connectivity index (χ1) is 8.14. The van der Waals surface area contributed by atoms with Crippen molar-refractivity contribution in [2.75, 3.05) is 7.11 Å². The third-order valence-corrected chi connectivity index (χ3v) is 3.76. The van der Waals surface area contributed by atoms with Gasteiger partial charge in [0.15, 0.2) is 0 Å². The molecule has 0 unspecified atom stereocenters. The number of aliphatic hydroxyl groups is 1. The summed E-state index contributed by atoms with van der Waals surface area (Å²) >= 11 is 0. The quantitative estimate of drug-likeness (QED) is 0.876. The van der Waals surface area contributed by atoms with Crippen molar-refractivity contribution in [3.63, 3.8) is 0 Å². The summed E-state index contributed by atoms with van der Waals surface area (Å²) in [6, 6.07) is 5.60. The smallest absolute Gasteiger partial charge is 0.129 e. The van der Waals surface area contributed by atoms with Gasteiger partial charge in [-0.2, -0.15) is 0 Å². The molecule has 1 aliphatic heterocycles. The Morgan fingerprint density at radius 2 is 2.12 bits per heavy atom. The Bertz CT molecular complexity index is 396. The molecule has 0 radical (unpaired) electrons. The Balaban J connectivity index is 2.39. The number of ether oxygens (including phenoxy) is 2. The summed E-state index contributed by atoms with van der Waals surface area (Å²) < 4.78 is 11.3. The van der Waals surface area contributed by atoms with Crippen LogP contribution in [-0.4, -0.2) is 17.8 Å². The van der Waals surface area contributed by atoms with Crippen molar-refractivity contribution in [2.24, 2.45) is 0 Å². The average Bonchev–Trinajstić information content (AvgIpc) is 2.37. The SMILES string of the molecule is CCC1(CC)C[C@@H](O)c2ccc(OC)cc2O1. The van der Waals surface area contributed by atoms with E-state index in [9.17, 15) is 5.11 Å². The van der Waals surface area contributed by atoms with E-state index in [0.29, 0.717) is 6.42 Å². The minimum absolute atomic E-state index is 0.237. The van der Waals surface area contributed by atoms with Crippen LogP contribution in [0.5, 0.6) is 11.5 Å². The first-order valence-corrected chi connectivity index (χ1v) is 6.19. The van der Waals surface area contributed by atoms with E-state index in [0.717, 1.165) is 29.9 Å². The van der Waals surface area contributed by atoms with Gasteiger partial charge < -0.3 is 14.6 Å². The lowest BCUT2D eigenvalue weighted by atomic mass is 9.85. The maximum absolute atomic E-state index is 10.2. The number of rotatable bonds is 3. The summed E-state index contributed by atoms with van der Waals surface area (Å²) in [5.41, 5.74) is 0.627. The highest BCUT2D eigenvalue weighted by atomic mass is 16.5. The molecule has 0 saturated carbocycles. The lowest BCUT2D eigenvalue weighted by Gasteiger charge is -2.39. The van der Waals surface area contributed by atoms with Gasteiger partial charge in [-0.1, -0.05) is 13.8 Å². The van der Waals surface area contributed by atoms with Gasteiger partial charge in [-0.05, 0) is 25.0 Å². The molecule has 1 atom stereocenters. The number of methoxy groups -OCH3 is 1. The Morgan fingerprint density at radius 1 is 1.41 bits per heavy atom. The van der Waals surface area contributed by atoms with Crippen molar-refractivity contribution in [1.82, 2.24) is 0 Å². The molecule has 1 N–H and O–H groups in total. The molecular formula is C14H20O3. The first-order valence-electron chi connectivity index (χ1n) is 6.19. The van der Waals surface area contributed by atoms with Crippen LogP contribution in [0.15, 0.2) is 18.2 Å². The molecule has 1 aromatic carbocycles. The molecule has 3 nitrogen and oxygen atoms in total. The predicted molar refractivity (Wildman–Crippen MR) is 66.5 cm³/mol. The van der Waals surface area contributed by atoms with Gasteiger partial charge >= 0.3 is 0 Å². The van der Waals surface area contributed by atoms with Crippen LogP contribution in [0.1, 0.15) is 44.8 Å². The summed E-state index contributed by atoms with van der Waals surface area (Å²) in [5, 5.41) is 10.2. The summed E-state index contributed by atoms with van der Waals surface area (Å²) in [7, 11) is 1.63. The molecule has 17 heavy (non-hydrogen) atoms. The molecule has 1 aromatic rings. The zero-order valence-corrected chi connectivity index (χ0v) is 10.7. The molecular weight excluding hydrogens is 216 g/mol. The van der Waals surface area contributed by atoms with Crippen LogP contribution in [0.25, 0.3) is 0 Å². The Kier molecular flexibility index (Phi) is 3.29. The Hall–Kier alpha value is -1.22. The number of hydrogen-bond donors (Lipinski definition) is 1. The molecule has 2 rings (SSSR count). The first kappa shape index (κ1) is 12.2. The molecule has 1 aliphatic rings. The highest BCUT2D eigenvalue weighted by Crippen LogP contribution is 2.43. The lowest BCUT2D eigenvalue weighted by Crippen LogP contribution is -2.39. The van der Waals surface area contributed by atoms with Crippen LogP contribution in [0.4, 0.5) is 0 Å². The highest BCUT2D eigenvalue weighted by Gasteiger charge is 2.37. The number of hydrogen-bond acceptors (Lipinski definition) is 3. The van der Waals surface area contributed by atoms with E-state index in [-0.39, 0.29) is 5.60 Å². The standard InChI is InChI=1S/C14H20O3/c1-4-14(5-2)9-12(15)11-7-6-10(16-3)8-13(11)17-14/h6-8,12,15H,4-5,9H2,1-3H3/t12-/m1/s1. The van der Waals surface area contributed by atoms with Crippen LogP contribution in [0, 0.1) is 0 Å². The van der Waals surface area contributed by atoms with Gasteiger partial charge in [-0.3, -0.25) is 0 Å². The van der Waals surface area contributed by atoms with E-state index < -0.39 is 6.10 Å². The molecule has 1 heterocycles. The fourth-order valence-electron chi connectivity index (χ4n) is 2.43. The van der Waals surface area contributed by atoms with E-state index in [1.165, 1.54) is 0 Å². The van der Waals surface area contributed by atoms with Crippen molar-refractivity contribution in [3.8, 4) is 11.5 Å². The lowest BCUT2D eigenvalue weighted by molar-refractivity contribution is -0.0197. The fourth-order valence-corrected chi connectivity index (χ4v) is 2.43. The van der Waals surface area contributed by atoms with Gasteiger partial charge in [-0.25, -0.2) is 0 Å². The van der Waals surface area contributed by atoms with Crippen LogP contribution >= 0.6 is 0 Å². The summed E-state index contributed by atoms with van der Waals surface area (Å²) in [6.07, 6.45) is 2.03. The molecule has 0 fully saturated rings. The van der Waals surface area contributed by atoms with Crippen LogP contribution < -0.4 is 9.47 Å². The second-order valence-corrected chi connectivity index (χ2v) is 4.62. The molecule has 0 bridgehead atoms. The summed E-state index contributed by atoms with van der Waals surface area (Å²) in [5.74, 6) is 1.52. The predicted octanol–water partition coefficient (Wildman–Crippen LogP) is 3.07. The van der Waals surface area contributed by atoms with Gasteiger partial charge in [0.05, 0.1) is 13.2 Å². The molecule has 0 aromatic heterocycles. The minimum atomic E-state index is -0.440. The normalized spacial score (nSPS) is 21.5. The van der Waals surface area contributed by atoms with Crippen molar-refractivity contribution >= 4 is 0 Å². The number of fused-ring (bicyclic) bond motifs is 1. The molecule has 3 heteroatoms. The van der Waals surface area contributed by atoms with E-state index >= 15 is 0 Å². The zero-order valence-electron chi connectivity index (χ0n) is 10.7. The van der Waals surface area contributed by atoms with Gasteiger partial charge in [0, 0.05) is 18.1 Å². The monoisotopic (exact) mass is 236 g/mol. The fraction of sp³-hybridized carbons (Fsp3) is 0.571. The second kappa shape index (κ2) is 4.57. The van der Waals surface area contributed by atoms with E-state index in [4.69, 9.17) is 9.47 Å². The maximum Gasteiger partial charge on any atom is 0.129 e. The van der Waals surface area contributed by atoms with Crippen molar-refractivity contribution in [3.05, 3.63) is 23.8 Å². The number of benzene rings is 1. The zero-order chi connectivity index (χ0) is 12.5. The average molecular weight is 236 g/mol. The van der Waals surface area contributed by atoms with E-state index in [1.54, 1.807) is 7.11 Å². The van der Waals surface area contributed by atoms with Gasteiger partial charge in [0.2, 0.25) is 0 Å². The minimum Gasteiger partial charge on any atom is -0.497 e. The van der Waals surface area contributed by atoms with Crippen LogP contribution in [0.2, 0.25) is 0 Å². The van der Waals surface area contributed by atoms with Crippen molar-refractivity contribution in [1.29, 1.82) is 0 Å². The number of aliphatic hydroxyl groups excluding tert-OH is 1. The summed E-state index contributed by atoms with van der Waals surface area (Å²) in [6.45, 7) is 4.20. The topological polar surface area (TPSA) is 38.7 Å². The van der Waals surface area contributed by atoms with E-state index in [2.05, 4.69) is 13.8 Å². The Labute approximate surface area is 102 Å². The second-order valence-electron chi connectivity index (χ2n) is 4.62. The third-order valence-electron chi connectivity index (χ3n) is 3.76. The van der Waals surface area contributed by atoms with Crippen molar-refractivity contribution in [2.45, 2.75) is 44.8 Å². The van der Waals surface area contributed by atoms with E-state index in [1.807, 2.05) is 18.2 Å². The summed E-state index contributed by atoms with van der Waals surface area (Å²) in [4.78, 5) is 0. The highest BCUT2D eigenvalue weighted by molar-refractivity contribution is 5.44. The Morgan fingerprint density at radius 3 is 2.71 bits per heavy atom. The van der Waals surface area contributed by atoms with Gasteiger partial charge in [0.1, 0.15) is 17.1 Å². The maximum atomic E-state index is 10.2. The largest absolute Gasteiger partial charge is 0.497 e. The van der Waals surface area contributed by atoms with Crippen LogP contribution in [0.3, 0.4) is 0 Å². The third kappa shape index (κ3) is 2.12. The molecule has 0 aliphatic carbocycles. The molecule has 0 amide bonds. The van der Waals surface area contributed by atoms with Crippen LogP contribution in [-0.2, 0) is 0 Å². The molecule has 94 valence electrons. The van der Waals surface area contributed by atoms with Gasteiger partial charge in [-0.15, -0.1) is 0 Å². The van der Waals surface area contributed by atoms with Gasteiger partial charge in [0.25, 0.3) is 0 Å². The molecule has 0 saturated heterocycles. The van der Waals surface area contributed by atoms with Crippen molar-refractivity contribution < 1.29 is 14.6 Å². The molecule has 0 spiro atoms.